The fourth-order valence-electron chi connectivity index (χ4n) is 4.39. The van der Waals surface area contributed by atoms with Gasteiger partial charge in [-0.15, -0.1) is 0 Å². The largest absolute Gasteiger partial charge is 0.507 e. The zero-order valence-electron chi connectivity index (χ0n) is 20.6. The first-order valence-electron chi connectivity index (χ1n) is 11.6. The maximum atomic E-state index is 13.4. The smallest absolute Gasteiger partial charge is 0.295 e. The number of ether oxygens (including phenoxy) is 2. The van der Waals surface area contributed by atoms with E-state index in [0.29, 0.717) is 22.4 Å². The van der Waals surface area contributed by atoms with E-state index in [4.69, 9.17) is 21.1 Å². The highest BCUT2D eigenvalue weighted by molar-refractivity contribution is 6.46. The molecule has 0 spiro atoms. The molecule has 1 fully saturated rings. The number of methoxy groups -OCH3 is 2. The number of nitrogens with zero attached hydrogens (tertiary/aromatic N) is 1. The standard InChI is InChI=1S/C29H28ClNO5/c1-17(2)19-7-9-20(10-8-19)26-25(27(32)23-15-21(30)11-14-24(23)36-4)28(33)29(34)31(26)16-18-5-12-22(35-3)13-6-18/h5-15,17,26,32H,16H2,1-4H3/b27-25+. The minimum Gasteiger partial charge on any atom is -0.507 e. The summed E-state index contributed by atoms with van der Waals surface area (Å²) >= 11 is 6.19. The van der Waals surface area contributed by atoms with Crippen LogP contribution < -0.4 is 9.47 Å². The minimum absolute atomic E-state index is 0.00799. The number of benzene rings is 3. The number of ketones is 1. The highest BCUT2D eigenvalue weighted by atomic mass is 35.5. The maximum absolute atomic E-state index is 13.4. The van der Waals surface area contributed by atoms with Crippen LogP contribution in [-0.2, 0) is 16.1 Å². The number of hydrogen-bond donors (Lipinski definition) is 1. The van der Waals surface area contributed by atoms with Gasteiger partial charge in [0.05, 0.1) is 31.4 Å². The predicted octanol–water partition coefficient (Wildman–Crippen LogP) is 6.10. The molecular formula is C29H28ClNO5. The van der Waals surface area contributed by atoms with Crippen molar-refractivity contribution in [2.75, 3.05) is 14.2 Å². The average Bonchev–Trinajstić information content (AvgIpc) is 3.13. The van der Waals surface area contributed by atoms with Crippen LogP contribution in [-0.4, -0.2) is 35.9 Å². The molecule has 1 aliphatic rings. The van der Waals surface area contributed by atoms with Crippen LogP contribution in [0.2, 0.25) is 5.02 Å². The molecule has 0 aromatic heterocycles. The number of carbonyl (C=O) groups is 2. The van der Waals surface area contributed by atoms with Gasteiger partial charge in [-0.2, -0.15) is 0 Å². The van der Waals surface area contributed by atoms with E-state index in [1.54, 1.807) is 31.4 Å². The van der Waals surface area contributed by atoms with Gasteiger partial charge in [0, 0.05) is 11.6 Å². The van der Waals surface area contributed by atoms with Crippen molar-refractivity contribution in [2.45, 2.75) is 32.4 Å². The van der Waals surface area contributed by atoms with Gasteiger partial charge in [-0.3, -0.25) is 9.59 Å². The monoisotopic (exact) mass is 505 g/mol. The van der Waals surface area contributed by atoms with Gasteiger partial charge < -0.3 is 19.5 Å². The van der Waals surface area contributed by atoms with Gasteiger partial charge >= 0.3 is 0 Å². The molecule has 1 unspecified atom stereocenters. The summed E-state index contributed by atoms with van der Waals surface area (Å²) < 4.78 is 10.6. The quantitative estimate of drug-likeness (QED) is 0.238. The molecule has 0 radical (unpaired) electrons. The summed E-state index contributed by atoms with van der Waals surface area (Å²) in [4.78, 5) is 28.2. The van der Waals surface area contributed by atoms with Crippen LogP contribution in [0, 0.1) is 0 Å². The van der Waals surface area contributed by atoms with Crippen molar-refractivity contribution >= 4 is 29.1 Å². The molecule has 4 rings (SSSR count). The Bertz CT molecular complexity index is 1310. The Balaban J connectivity index is 1.87. The third-order valence-electron chi connectivity index (χ3n) is 6.39. The molecule has 1 aliphatic heterocycles. The normalized spacial score (nSPS) is 17.1. The Labute approximate surface area is 215 Å². The molecule has 36 heavy (non-hydrogen) atoms. The lowest BCUT2D eigenvalue weighted by Crippen LogP contribution is -2.29. The zero-order chi connectivity index (χ0) is 26.0. The number of Topliss-reactive ketones (excluding diaryl/α,β-unsaturated/α-hetero) is 1. The summed E-state index contributed by atoms with van der Waals surface area (Å²) in [5.41, 5.74) is 2.90. The van der Waals surface area contributed by atoms with E-state index in [9.17, 15) is 14.7 Å². The second-order valence-corrected chi connectivity index (χ2v) is 9.38. The summed E-state index contributed by atoms with van der Waals surface area (Å²) in [7, 11) is 3.04. The fourth-order valence-corrected chi connectivity index (χ4v) is 4.56. The van der Waals surface area contributed by atoms with E-state index in [0.717, 1.165) is 16.7 Å². The summed E-state index contributed by atoms with van der Waals surface area (Å²) in [5, 5.41) is 11.8. The third kappa shape index (κ3) is 4.82. The molecule has 0 aliphatic carbocycles. The summed E-state index contributed by atoms with van der Waals surface area (Å²) in [6.45, 7) is 4.36. The fraction of sp³-hybridized carbons (Fsp3) is 0.241. The van der Waals surface area contributed by atoms with E-state index in [-0.39, 0.29) is 23.4 Å². The number of carbonyl (C=O) groups excluding carboxylic acids is 2. The Morgan fingerprint density at radius 1 is 0.972 bits per heavy atom. The van der Waals surface area contributed by atoms with E-state index in [1.807, 2.05) is 36.4 Å². The van der Waals surface area contributed by atoms with E-state index in [2.05, 4.69) is 13.8 Å². The van der Waals surface area contributed by atoms with Crippen molar-refractivity contribution < 1.29 is 24.2 Å². The molecule has 6 nitrogen and oxygen atoms in total. The molecule has 1 N–H and O–H groups in total. The SMILES string of the molecule is COc1ccc(CN2C(=O)C(=O)/C(=C(/O)c3cc(Cl)ccc3OC)C2c2ccc(C(C)C)cc2)cc1. The van der Waals surface area contributed by atoms with Gasteiger partial charge in [-0.1, -0.05) is 61.8 Å². The minimum atomic E-state index is -0.794. The van der Waals surface area contributed by atoms with Gasteiger partial charge in [0.1, 0.15) is 17.3 Å². The summed E-state index contributed by atoms with van der Waals surface area (Å²) in [5.74, 6) is -0.433. The molecule has 0 saturated carbocycles. The van der Waals surface area contributed by atoms with E-state index < -0.39 is 17.7 Å². The third-order valence-corrected chi connectivity index (χ3v) is 6.62. The molecule has 1 heterocycles. The number of likely N-dealkylation sites (tertiary alicyclic amines) is 1. The van der Waals surface area contributed by atoms with Crippen molar-refractivity contribution in [1.82, 2.24) is 4.90 Å². The summed E-state index contributed by atoms with van der Waals surface area (Å²) in [6.07, 6.45) is 0. The second kappa shape index (κ2) is 10.5. The molecule has 186 valence electrons. The molecule has 3 aromatic carbocycles. The van der Waals surface area contributed by atoms with E-state index >= 15 is 0 Å². The van der Waals surface area contributed by atoms with E-state index in [1.165, 1.54) is 18.1 Å². The highest BCUT2D eigenvalue weighted by Gasteiger charge is 2.46. The molecular weight excluding hydrogens is 478 g/mol. The zero-order valence-corrected chi connectivity index (χ0v) is 21.4. The van der Waals surface area contributed by atoms with Crippen LogP contribution >= 0.6 is 11.6 Å². The number of halogens is 1. The molecule has 1 saturated heterocycles. The average molecular weight is 506 g/mol. The van der Waals surface area contributed by atoms with Crippen LogP contribution in [0.25, 0.3) is 5.76 Å². The van der Waals surface area contributed by atoms with Crippen molar-refractivity contribution in [3.63, 3.8) is 0 Å². The lowest BCUT2D eigenvalue weighted by Gasteiger charge is -2.26. The van der Waals surface area contributed by atoms with Gasteiger partial charge in [0.2, 0.25) is 0 Å². The number of aliphatic hydroxyl groups excluding tert-OH is 1. The van der Waals surface area contributed by atoms with Crippen LogP contribution in [0.1, 0.15) is 48.1 Å². The van der Waals surface area contributed by atoms with Crippen LogP contribution in [0.15, 0.2) is 72.3 Å². The van der Waals surface area contributed by atoms with Crippen molar-refractivity contribution in [1.29, 1.82) is 0 Å². The number of amides is 1. The van der Waals surface area contributed by atoms with Gasteiger partial charge in [-0.05, 0) is 52.9 Å². The molecule has 1 amide bonds. The predicted molar refractivity (Wildman–Crippen MR) is 139 cm³/mol. The first-order valence-corrected chi connectivity index (χ1v) is 12.0. The number of hydrogen-bond acceptors (Lipinski definition) is 5. The van der Waals surface area contributed by atoms with Gasteiger partial charge in [0.15, 0.2) is 0 Å². The Kier molecular flexibility index (Phi) is 7.36. The molecule has 0 bridgehead atoms. The second-order valence-electron chi connectivity index (χ2n) is 8.94. The topological polar surface area (TPSA) is 76.1 Å². The molecule has 3 aromatic rings. The van der Waals surface area contributed by atoms with Gasteiger partial charge in [-0.25, -0.2) is 0 Å². The van der Waals surface area contributed by atoms with Crippen LogP contribution in [0.5, 0.6) is 11.5 Å². The van der Waals surface area contributed by atoms with Crippen LogP contribution in [0.4, 0.5) is 0 Å². The van der Waals surface area contributed by atoms with Crippen molar-refractivity contribution in [2.24, 2.45) is 0 Å². The lowest BCUT2D eigenvalue weighted by molar-refractivity contribution is -0.140. The Morgan fingerprint density at radius 2 is 1.64 bits per heavy atom. The Hall–Kier alpha value is -3.77. The summed E-state index contributed by atoms with van der Waals surface area (Å²) in [6, 6.07) is 19.0. The van der Waals surface area contributed by atoms with Crippen LogP contribution in [0.3, 0.4) is 0 Å². The molecule has 1 atom stereocenters. The molecule has 7 heteroatoms. The lowest BCUT2D eigenvalue weighted by atomic mass is 9.93. The van der Waals surface area contributed by atoms with Crippen molar-refractivity contribution in [3.05, 3.63) is 99.6 Å². The number of rotatable bonds is 7. The van der Waals surface area contributed by atoms with Gasteiger partial charge in [0.25, 0.3) is 11.7 Å². The first-order chi connectivity index (χ1) is 17.2. The Morgan fingerprint density at radius 3 is 2.22 bits per heavy atom. The first kappa shape index (κ1) is 25.3. The number of aliphatic hydroxyl groups is 1. The maximum Gasteiger partial charge on any atom is 0.295 e. The highest BCUT2D eigenvalue weighted by Crippen LogP contribution is 2.42. The van der Waals surface area contributed by atoms with Crippen molar-refractivity contribution in [3.8, 4) is 11.5 Å².